The predicted molar refractivity (Wildman–Crippen MR) is 102 cm³/mol. The lowest BCUT2D eigenvalue weighted by atomic mass is 9.93. The summed E-state index contributed by atoms with van der Waals surface area (Å²) >= 11 is 3.52. The molecule has 3 aromatic carbocycles. The lowest BCUT2D eigenvalue weighted by Crippen LogP contribution is -1.99. The Balaban J connectivity index is 2.09. The van der Waals surface area contributed by atoms with Crippen LogP contribution in [0.15, 0.2) is 81.9 Å². The summed E-state index contributed by atoms with van der Waals surface area (Å²) in [5, 5.41) is 10.5. The van der Waals surface area contributed by atoms with Gasteiger partial charge >= 0.3 is 5.97 Å². The molecule has 0 unspecified atom stereocenters. The van der Waals surface area contributed by atoms with E-state index >= 15 is 0 Å². The van der Waals surface area contributed by atoms with Crippen LogP contribution in [-0.2, 0) is 0 Å². The van der Waals surface area contributed by atoms with Gasteiger partial charge < -0.3 is 9.52 Å². The van der Waals surface area contributed by atoms with E-state index in [2.05, 4.69) is 15.9 Å². The Morgan fingerprint density at radius 1 is 0.840 bits per heavy atom. The van der Waals surface area contributed by atoms with Crippen molar-refractivity contribution in [3.05, 3.63) is 83.0 Å². The third kappa shape index (κ3) is 2.65. The molecular formula is C21H13BrO3. The van der Waals surface area contributed by atoms with Gasteiger partial charge in [0.05, 0.1) is 5.56 Å². The molecule has 122 valence electrons. The molecule has 0 spiro atoms. The molecule has 25 heavy (non-hydrogen) atoms. The van der Waals surface area contributed by atoms with Gasteiger partial charge in [0.25, 0.3) is 0 Å². The molecule has 1 aromatic heterocycles. The first kappa shape index (κ1) is 15.7. The maximum Gasteiger partial charge on any atom is 0.336 e. The van der Waals surface area contributed by atoms with Gasteiger partial charge in [0.2, 0.25) is 0 Å². The van der Waals surface area contributed by atoms with Gasteiger partial charge in [-0.15, -0.1) is 0 Å². The number of hydrogen-bond donors (Lipinski definition) is 1. The highest BCUT2D eigenvalue weighted by atomic mass is 79.9. The summed E-state index contributed by atoms with van der Waals surface area (Å²) < 4.78 is 6.52. The summed E-state index contributed by atoms with van der Waals surface area (Å²) in [6.07, 6.45) is 0. The number of rotatable bonds is 3. The van der Waals surface area contributed by atoms with Gasteiger partial charge in [-0.1, -0.05) is 60.7 Å². The monoisotopic (exact) mass is 392 g/mol. The van der Waals surface area contributed by atoms with E-state index in [1.165, 1.54) is 0 Å². The average Bonchev–Trinajstić information content (AvgIpc) is 2.98. The normalized spacial score (nSPS) is 10.9. The van der Waals surface area contributed by atoms with Crippen LogP contribution in [0.4, 0.5) is 0 Å². The number of benzene rings is 3. The van der Waals surface area contributed by atoms with Crippen molar-refractivity contribution in [2.75, 3.05) is 0 Å². The average molecular weight is 393 g/mol. The molecule has 0 aliphatic heterocycles. The summed E-state index contributed by atoms with van der Waals surface area (Å²) in [7, 11) is 0. The zero-order valence-corrected chi connectivity index (χ0v) is 14.7. The zero-order valence-electron chi connectivity index (χ0n) is 13.1. The Labute approximate surface area is 152 Å². The van der Waals surface area contributed by atoms with Crippen LogP contribution in [0.5, 0.6) is 0 Å². The molecule has 0 saturated heterocycles. The molecular weight excluding hydrogens is 380 g/mol. The Morgan fingerprint density at radius 3 is 2.28 bits per heavy atom. The fourth-order valence-corrected chi connectivity index (χ4v) is 3.71. The summed E-state index contributed by atoms with van der Waals surface area (Å²) in [5.41, 5.74) is 4.42. The molecule has 0 aliphatic rings. The number of carbonyl (C=O) groups is 1. The zero-order chi connectivity index (χ0) is 17.4. The van der Waals surface area contributed by atoms with Crippen molar-refractivity contribution in [2.24, 2.45) is 0 Å². The second-order valence-electron chi connectivity index (χ2n) is 5.65. The molecule has 4 aromatic rings. The molecule has 0 fully saturated rings. The van der Waals surface area contributed by atoms with Gasteiger partial charge in [0.1, 0.15) is 5.58 Å². The first-order valence-corrected chi connectivity index (χ1v) is 8.55. The van der Waals surface area contributed by atoms with E-state index in [1.807, 2.05) is 60.7 Å². The first-order valence-electron chi connectivity index (χ1n) is 7.76. The maximum absolute atomic E-state index is 11.7. The summed E-state index contributed by atoms with van der Waals surface area (Å²) in [6, 6.07) is 22.6. The van der Waals surface area contributed by atoms with E-state index in [0.717, 1.165) is 22.1 Å². The van der Waals surface area contributed by atoms with Crippen LogP contribution < -0.4 is 0 Å². The van der Waals surface area contributed by atoms with Gasteiger partial charge in [0.15, 0.2) is 4.67 Å². The third-order valence-corrected chi connectivity index (χ3v) is 4.74. The molecule has 0 radical (unpaired) electrons. The molecule has 0 aliphatic carbocycles. The smallest absolute Gasteiger partial charge is 0.336 e. The van der Waals surface area contributed by atoms with Crippen LogP contribution in [0.3, 0.4) is 0 Å². The van der Waals surface area contributed by atoms with E-state index in [4.69, 9.17) is 4.42 Å². The topological polar surface area (TPSA) is 50.4 Å². The SMILES string of the molecule is O=C(O)c1ccccc1-c1cccc2oc(Br)c(-c3ccccc3)c12. The van der Waals surface area contributed by atoms with Crippen LogP contribution in [0, 0.1) is 0 Å². The molecule has 4 heteroatoms. The quantitative estimate of drug-likeness (QED) is 0.449. The molecule has 1 heterocycles. The second kappa shape index (κ2) is 6.22. The Bertz CT molecular complexity index is 1080. The standard InChI is InChI=1S/C21H13BrO3/c22-20-18(13-7-2-1-3-8-13)19-15(11-6-12-17(19)25-20)14-9-4-5-10-16(14)21(23)24/h1-12H,(H,23,24). The van der Waals surface area contributed by atoms with Crippen molar-refractivity contribution in [3.63, 3.8) is 0 Å². The van der Waals surface area contributed by atoms with Crippen LogP contribution in [0.25, 0.3) is 33.2 Å². The number of fused-ring (bicyclic) bond motifs is 1. The van der Waals surface area contributed by atoms with E-state index in [0.29, 0.717) is 15.8 Å². The number of furan rings is 1. The molecule has 0 saturated carbocycles. The minimum atomic E-state index is -0.948. The highest BCUT2D eigenvalue weighted by Gasteiger charge is 2.20. The van der Waals surface area contributed by atoms with Crippen LogP contribution in [-0.4, -0.2) is 11.1 Å². The largest absolute Gasteiger partial charge is 0.478 e. The van der Waals surface area contributed by atoms with Crippen molar-refractivity contribution < 1.29 is 14.3 Å². The first-order chi connectivity index (χ1) is 12.2. The number of halogens is 1. The summed E-state index contributed by atoms with van der Waals surface area (Å²) in [6.45, 7) is 0. The fourth-order valence-electron chi connectivity index (χ4n) is 3.11. The van der Waals surface area contributed by atoms with Crippen molar-refractivity contribution in [3.8, 4) is 22.3 Å². The van der Waals surface area contributed by atoms with Crippen molar-refractivity contribution in [1.29, 1.82) is 0 Å². The van der Waals surface area contributed by atoms with Gasteiger partial charge in [-0.2, -0.15) is 0 Å². The van der Waals surface area contributed by atoms with Crippen molar-refractivity contribution >= 4 is 32.9 Å². The van der Waals surface area contributed by atoms with Gasteiger partial charge in [-0.25, -0.2) is 4.79 Å². The van der Waals surface area contributed by atoms with Gasteiger partial charge in [-0.05, 0) is 44.8 Å². The van der Waals surface area contributed by atoms with E-state index in [1.54, 1.807) is 12.1 Å². The molecule has 1 N–H and O–H groups in total. The van der Waals surface area contributed by atoms with E-state index < -0.39 is 5.97 Å². The summed E-state index contributed by atoms with van der Waals surface area (Å²) in [5.74, 6) is -0.948. The van der Waals surface area contributed by atoms with Crippen molar-refractivity contribution in [2.45, 2.75) is 0 Å². The summed E-state index contributed by atoms with van der Waals surface area (Å²) in [4.78, 5) is 11.7. The Kier molecular flexibility index (Phi) is 3.90. The van der Waals surface area contributed by atoms with Gasteiger partial charge in [-0.3, -0.25) is 0 Å². The highest BCUT2D eigenvalue weighted by molar-refractivity contribution is 9.10. The molecule has 0 bridgehead atoms. The minimum Gasteiger partial charge on any atom is -0.478 e. The van der Waals surface area contributed by atoms with Crippen molar-refractivity contribution in [1.82, 2.24) is 0 Å². The number of aromatic carboxylic acids is 1. The Morgan fingerprint density at radius 2 is 1.52 bits per heavy atom. The van der Waals surface area contributed by atoms with Crippen LogP contribution in [0.2, 0.25) is 0 Å². The van der Waals surface area contributed by atoms with Crippen LogP contribution >= 0.6 is 15.9 Å². The Hall–Kier alpha value is -2.85. The maximum atomic E-state index is 11.7. The predicted octanol–water partition coefficient (Wildman–Crippen LogP) is 6.23. The lowest BCUT2D eigenvalue weighted by Gasteiger charge is -2.09. The number of hydrogen-bond acceptors (Lipinski definition) is 2. The lowest BCUT2D eigenvalue weighted by molar-refractivity contribution is 0.0697. The molecule has 0 atom stereocenters. The third-order valence-electron chi connectivity index (χ3n) is 4.18. The number of carboxylic acid groups (broad SMARTS) is 1. The van der Waals surface area contributed by atoms with E-state index in [-0.39, 0.29) is 5.56 Å². The van der Waals surface area contributed by atoms with Gasteiger partial charge in [0, 0.05) is 10.9 Å². The van der Waals surface area contributed by atoms with E-state index in [9.17, 15) is 9.90 Å². The fraction of sp³-hybridized carbons (Fsp3) is 0. The molecule has 4 rings (SSSR count). The molecule has 0 amide bonds. The number of carboxylic acids is 1. The van der Waals surface area contributed by atoms with Crippen LogP contribution in [0.1, 0.15) is 10.4 Å². The molecule has 3 nitrogen and oxygen atoms in total. The minimum absolute atomic E-state index is 0.270. The highest BCUT2D eigenvalue weighted by Crippen LogP contribution is 2.43. The second-order valence-corrected chi connectivity index (χ2v) is 6.37.